The average Bonchev–Trinajstić information content (AvgIpc) is 3.12. The molecule has 0 saturated carbocycles. The summed E-state index contributed by atoms with van der Waals surface area (Å²) in [5.74, 6) is 0.811. The highest BCUT2D eigenvalue weighted by molar-refractivity contribution is 14.0. The maximum Gasteiger partial charge on any atom is 0.422 e. The van der Waals surface area contributed by atoms with E-state index >= 15 is 0 Å². The number of ether oxygens (including phenoxy) is 2. The molecule has 1 aliphatic heterocycles. The second-order valence-electron chi connectivity index (χ2n) is 6.87. The minimum Gasteiger partial charge on any atom is -0.484 e. The van der Waals surface area contributed by atoms with E-state index in [9.17, 15) is 18.3 Å². The average molecular weight is 531 g/mol. The van der Waals surface area contributed by atoms with Crippen molar-refractivity contribution in [2.24, 2.45) is 10.4 Å². The van der Waals surface area contributed by atoms with E-state index in [1.807, 2.05) is 6.92 Å². The summed E-state index contributed by atoms with van der Waals surface area (Å²) >= 11 is 0. The molecule has 0 aliphatic carbocycles. The third-order valence-electron chi connectivity index (χ3n) is 4.55. The SMILES string of the molecule is CCNC(=NCc1ccc(OCC(F)(F)F)cc1)NCC1(CCO)CCOC1.I. The molecular weight excluding hydrogens is 502 g/mol. The number of guanidine groups is 1. The first kappa shape index (κ1) is 25.8. The van der Waals surface area contributed by atoms with Crippen molar-refractivity contribution in [3.63, 3.8) is 0 Å². The Balaban J connectivity index is 0.00000420. The van der Waals surface area contributed by atoms with E-state index in [0.717, 1.165) is 12.0 Å². The molecule has 1 aromatic rings. The summed E-state index contributed by atoms with van der Waals surface area (Å²) < 4.78 is 46.7. The Bertz CT molecular complexity index is 621. The Morgan fingerprint density at radius 2 is 2.00 bits per heavy atom. The number of rotatable bonds is 9. The minimum absolute atomic E-state index is 0. The molecule has 10 heteroatoms. The van der Waals surface area contributed by atoms with Gasteiger partial charge in [0, 0.05) is 31.7 Å². The largest absolute Gasteiger partial charge is 0.484 e. The molecule has 1 heterocycles. The van der Waals surface area contributed by atoms with Crippen LogP contribution in [-0.2, 0) is 11.3 Å². The summed E-state index contributed by atoms with van der Waals surface area (Å²) in [6.45, 7) is 3.78. The molecule has 1 aromatic carbocycles. The Morgan fingerprint density at radius 1 is 1.28 bits per heavy atom. The van der Waals surface area contributed by atoms with Gasteiger partial charge in [0.05, 0.1) is 13.2 Å². The minimum atomic E-state index is -4.35. The van der Waals surface area contributed by atoms with Crippen molar-refractivity contribution < 1.29 is 27.8 Å². The molecule has 3 N–H and O–H groups in total. The third-order valence-corrected chi connectivity index (χ3v) is 4.55. The van der Waals surface area contributed by atoms with Gasteiger partial charge in [-0.15, -0.1) is 24.0 Å². The first-order valence-corrected chi connectivity index (χ1v) is 9.35. The zero-order valence-electron chi connectivity index (χ0n) is 16.4. The number of nitrogens with one attached hydrogen (secondary N) is 2. The van der Waals surface area contributed by atoms with E-state index in [1.165, 1.54) is 12.1 Å². The summed E-state index contributed by atoms with van der Waals surface area (Å²) in [6, 6.07) is 6.39. The van der Waals surface area contributed by atoms with Gasteiger partial charge in [-0.2, -0.15) is 13.2 Å². The Hall–Kier alpha value is -1.27. The van der Waals surface area contributed by atoms with Gasteiger partial charge in [0.15, 0.2) is 12.6 Å². The van der Waals surface area contributed by atoms with Crippen molar-refractivity contribution >= 4 is 29.9 Å². The molecule has 1 unspecified atom stereocenters. The van der Waals surface area contributed by atoms with E-state index in [0.29, 0.717) is 45.2 Å². The van der Waals surface area contributed by atoms with E-state index in [2.05, 4.69) is 15.6 Å². The van der Waals surface area contributed by atoms with Crippen LogP contribution in [0.3, 0.4) is 0 Å². The fraction of sp³-hybridized carbons (Fsp3) is 0.632. The standard InChI is InChI=1S/C19H28F3N3O3.HI/c1-2-23-17(25-12-18(7-9-26)8-10-27-13-18)24-11-15-3-5-16(6-4-15)28-14-19(20,21)22;/h3-6,26H,2,7-14H2,1H3,(H2,23,24,25);1H. The Morgan fingerprint density at radius 3 is 2.55 bits per heavy atom. The summed E-state index contributed by atoms with van der Waals surface area (Å²) in [4.78, 5) is 4.52. The van der Waals surface area contributed by atoms with E-state index in [4.69, 9.17) is 9.47 Å². The first-order valence-electron chi connectivity index (χ1n) is 9.35. The highest BCUT2D eigenvalue weighted by Crippen LogP contribution is 2.31. The van der Waals surface area contributed by atoms with Crippen LogP contribution >= 0.6 is 24.0 Å². The molecule has 1 fully saturated rings. The number of benzene rings is 1. The lowest BCUT2D eigenvalue weighted by molar-refractivity contribution is -0.153. The van der Waals surface area contributed by atoms with Crippen molar-refractivity contribution in [3.8, 4) is 5.75 Å². The van der Waals surface area contributed by atoms with Crippen LogP contribution in [0.5, 0.6) is 5.75 Å². The summed E-state index contributed by atoms with van der Waals surface area (Å²) in [6.07, 6.45) is -2.80. The predicted molar refractivity (Wildman–Crippen MR) is 116 cm³/mol. The maximum absolute atomic E-state index is 12.2. The van der Waals surface area contributed by atoms with E-state index in [-0.39, 0.29) is 41.7 Å². The molecule has 0 aromatic heterocycles. The molecular formula is C19H29F3IN3O3. The van der Waals surface area contributed by atoms with Crippen LogP contribution < -0.4 is 15.4 Å². The van der Waals surface area contributed by atoms with Crippen LogP contribution in [0.1, 0.15) is 25.3 Å². The van der Waals surface area contributed by atoms with Crippen molar-refractivity contribution in [2.45, 2.75) is 32.5 Å². The van der Waals surface area contributed by atoms with E-state index in [1.54, 1.807) is 12.1 Å². The van der Waals surface area contributed by atoms with Crippen LogP contribution in [0.15, 0.2) is 29.3 Å². The van der Waals surface area contributed by atoms with Crippen LogP contribution in [0.4, 0.5) is 13.2 Å². The number of nitrogens with zero attached hydrogens (tertiary/aromatic N) is 1. The molecule has 1 aliphatic rings. The lowest BCUT2D eigenvalue weighted by Gasteiger charge is -2.27. The Labute approximate surface area is 186 Å². The smallest absolute Gasteiger partial charge is 0.422 e. The van der Waals surface area contributed by atoms with Gasteiger partial charge in [-0.25, -0.2) is 4.99 Å². The van der Waals surface area contributed by atoms with Gasteiger partial charge < -0.3 is 25.2 Å². The number of alkyl halides is 3. The van der Waals surface area contributed by atoms with E-state index < -0.39 is 12.8 Å². The van der Waals surface area contributed by atoms with Crippen LogP contribution in [-0.4, -0.2) is 56.8 Å². The topological polar surface area (TPSA) is 75.1 Å². The molecule has 29 heavy (non-hydrogen) atoms. The number of halogens is 4. The number of aliphatic hydroxyl groups is 1. The molecule has 0 radical (unpaired) electrons. The van der Waals surface area contributed by atoms with Crippen molar-refractivity contribution in [1.29, 1.82) is 0 Å². The first-order chi connectivity index (χ1) is 13.4. The van der Waals surface area contributed by atoms with Crippen molar-refractivity contribution in [1.82, 2.24) is 10.6 Å². The normalized spacial score (nSPS) is 19.6. The second-order valence-corrected chi connectivity index (χ2v) is 6.87. The molecule has 1 atom stereocenters. The van der Waals surface area contributed by atoms with Gasteiger partial charge in [-0.3, -0.25) is 0 Å². The maximum atomic E-state index is 12.2. The predicted octanol–water partition coefficient (Wildman–Crippen LogP) is 3.09. The Kier molecular flexibility index (Phi) is 11.0. The lowest BCUT2D eigenvalue weighted by Crippen LogP contribution is -2.44. The third kappa shape index (κ3) is 9.39. The van der Waals surface area contributed by atoms with Crippen molar-refractivity contribution in [3.05, 3.63) is 29.8 Å². The molecule has 0 spiro atoms. The quantitative estimate of drug-likeness (QED) is 0.260. The van der Waals surface area contributed by atoms with Gasteiger partial charge in [0.2, 0.25) is 0 Å². The highest BCUT2D eigenvalue weighted by atomic mass is 127. The fourth-order valence-corrected chi connectivity index (χ4v) is 2.95. The molecule has 6 nitrogen and oxygen atoms in total. The van der Waals surface area contributed by atoms with Crippen LogP contribution in [0.25, 0.3) is 0 Å². The highest BCUT2D eigenvalue weighted by Gasteiger charge is 2.34. The number of hydrogen-bond acceptors (Lipinski definition) is 4. The summed E-state index contributed by atoms with van der Waals surface area (Å²) in [5.41, 5.74) is 0.758. The molecule has 1 saturated heterocycles. The molecule has 0 amide bonds. The van der Waals surface area contributed by atoms with Gasteiger partial charge in [-0.1, -0.05) is 12.1 Å². The molecule has 0 bridgehead atoms. The molecule has 2 rings (SSSR count). The summed E-state index contributed by atoms with van der Waals surface area (Å²) in [5, 5.41) is 15.8. The van der Waals surface area contributed by atoms with Crippen LogP contribution in [0, 0.1) is 5.41 Å². The number of aliphatic imine (C=N–C) groups is 1. The zero-order chi connectivity index (χ0) is 20.5. The number of aliphatic hydroxyl groups excluding tert-OH is 1. The van der Waals surface area contributed by atoms with Gasteiger partial charge in [0.25, 0.3) is 0 Å². The number of hydrogen-bond donors (Lipinski definition) is 3. The van der Waals surface area contributed by atoms with Gasteiger partial charge in [0.1, 0.15) is 5.75 Å². The van der Waals surface area contributed by atoms with Gasteiger partial charge in [-0.05, 0) is 37.5 Å². The van der Waals surface area contributed by atoms with Crippen LogP contribution in [0.2, 0.25) is 0 Å². The molecule has 166 valence electrons. The zero-order valence-corrected chi connectivity index (χ0v) is 18.8. The monoisotopic (exact) mass is 531 g/mol. The van der Waals surface area contributed by atoms with Gasteiger partial charge >= 0.3 is 6.18 Å². The second kappa shape index (κ2) is 12.4. The van der Waals surface area contributed by atoms with Crippen molar-refractivity contribution in [2.75, 3.05) is 39.5 Å². The lowest BCUT2D eigenvalue weighted by atomic mass is 9.84. The summed E-state index contributed by atoms with van der Waals surface area (Å²) in [7, 11) is 0. The fourth-order valence-electron chi connectivity index (χ4n) is 2.95.